The predicted molar refractivity (Wildman–Crippen MR) is 48.4 cm³/mol. The van der Waals surface area contributed by atoms with Gasteiger partial charge in [-0.05, 0) is 19.3 Å². The number of allylic oxidation sites excluding steroid dienone is 1. The van der Waals surface area contributed by atoms with Gasteiger partial charge in [0.2, 0.25) is 5.91 Å². The van der Waals surface area contributed by atoms with Crippen molar-refractivity contribution in [2.75, 3.05) is 14.2 Å². The van der Waals surface area contributed by atoms with Crippen molar-refractivity contribution < 1.29 is 9.63 Å². The fraction of sp³-hybridized carbons (Fsp3) is 0.667. The summed E-state index contributed by atoms with van der Waals surface area (Å²) in [6.07, 6.45) is 5.32. The lowest BCUT2D eigenvalue weighted by Gasteiger charge is -2.12. The van der Waals surface area contributed by atoms with Gasteiger partial charge >= 0.3 is 0 Å². The highest BCUT2D eigenvalue weighted by atomic mass is 16.7. The Morgan fingerprint density at radius 1 is 1.58 bits per heavy atom. The van der Waals surface area contributed by atoms with Crippen LogP contribution in [-0.2, 0) is 9.63 Å². The van der Waals surface area contributed by atoms with Crippen LogP contribution in [0.25, 0.3) is 0 Å². The molecule has 0 N–H and O–H groups in total. The smallest absolute Gasteiger partial charge is 0.245 e. The second kappa shape index (κ2) is 6.85. The highest BCUT2D eigenvalue weighted by Crippen LogP contribution is 2.02. The first-order chi connectivity index (χ1) is 5.72. The van der Waals surface area contributed by atoms with Crippen molar-refractivity contribution in [1.29, 1.82) is 0 Å². The number of hydroxylamine groups is 2. The van der Waals surface area contributed by atoms with Crippen molar-refractivity contribution in [3.05, 3.63) is 12.7 Å². The van der Waals surface area contributed by atoms with Crippen LogP contribution in [0.1, 0.15) is 25.7 Å². The highest BCUT2D eigenvalue weighted by molar-refractivity contribution is 5.74. The molecule has 12 heavy (non-hydrogen) atoms. The summed E-state index contributed by atoms with van der Waals surface area (Å²) in [6, 6.07) is 0. The monoisotopic (exact) mass is 171 g/mol. The average molecular weight is 171 g/mol. The maximum atomic E-state index is 11.1. The molecular formula is C9H17NO2. The lowest BCUT2D eigenvalue weighted by atomic mass is 10.2. The van der Waals surface area contributed by atoms with Crippen LogP contribution in [0.3, 0.4) is 0 Å². The summed E-state index contributed by atoms with van der Waals surface area (Å²) in [7, 11) is 3.11. The van der Waals surface area contributed by atoms with Crippen LogP contribution >= 0.6 is 0 Å². The van der Waals surface area contributed by atoms with Gasteiger partial charge in [0.1, 0.15) is 0 Å². The van der Waals surface area contributed by atoms with E-state index in [1.807, 2.05) is 6.08 Å². The zero-order chi connectivity index (χ0) is 9.40. The summed E-state index contributed by atoms with van der Waals surface area (Å²) in [5, 5.41) is 1.26. The Kier molecular flexibility index (Phi) is 6.38. The Morgan fingerprint density at radius 3 is 2.75 bits per heavy atom. The molecule has 0 atom stereocenters. The number of nitrogens with zero attached hydrogens (tertiary/aromatic N) is 1. The number of carbonyl (C=O) groups is 1. The SMILES string of the molecule is C=CCCCCC(=O)N(C)OC. The van der Waals surface area contributed by atoms with Gasteiger partial charge in [0.05, 0.1) is 7.11 Å². The summed E-state index contributed by atoms with van der Waals surface area (Å²) in [4.78, 5) is 15.8. The van der Waals surface area contributed by atoms with Gasteiger partial charge in [-0.15, -0.1) is 6.58 Å². The first-order valence-electron chi connectivity index (χ1n) is 4.14. The minimum atomic E-state index is 0.0292. The molecule has 0 radical (unpaired) electrons. The number of carbonyl (C=O) groups excluding carboxylic acids is 1. The molecule has 0 fully saturated rings. The van der Waals surface area contributed by atoms with Crippen LogP contribution in [0, 0.1) is 0 Å². The molecule has 0 aliphatic rings. The van der Waals surface area contributed by atoms with Crippen molar-refractivity contribution in [1.82, 2.24) is 5.06 Å². The number of amides is 1. The molecule has 0 rings (SSSR count). The van der Waals surface area contributed by atoms with Gasteiger partial charge in [0.25, 0.3) is 0 Å². The number of rotatable bonds is 6. The topological polar surface area (TPSA) is 29.5 Å². The van der Waals surface area contributed by atoms with Gasteiger partial charge in [0.15, 0.2) is 0 Å². The summed E-state index contributed by atoms with van der Waals surface area (Å²) in [5.74, 6) is 0.0292. The lowest BCUT2D eigenvalue weighted by molar-refractivity contribution is -0.168. The van der Waals surface area contributed by atoms with Crippen molar-refractivity contribution >= 4 is 5.91 Å². The van der Waals surface area contributed by atoms with Crippen LogP contribution in [0.15, 0.2) is 12.7 Å². The molecule has 0 aromatic heterocycles. The normalized spacial score (nSPS) is 9.50. The molecule has 1 amide bonds. The van der Waals surface area contributed by atoms with E-state index in [4.69, 9.17) is 4.84 Å². The van der Waals surface area contributed by atoms with E-state index >= 15 is 0 Å². The van der Waals surface area contributed by atoms with E-state index in [-0.39, 0.29) is 5.91 Å². The van der Waals surface area contributed by atoms with Gasteiger partial charge in [-0.2, -0.15) is 0 Å². The molecule has 0 unspecified atom stereocenters. The van der Waals surface area contributed by atoms with Gasteiger partial charge in [0, 0.05) is 13.5 Å². The first-order valence-corrected chi connectivity index (χ1v) is 4.14. The molecule has 3 heteroatoms. The zero-order valence-electron chi connectivity index (χ0n) is 7.88. The molecular weight excluding hydrogens is 154 g/mol. The predicted octanol–water partition coefficient (Wildman–Crippen LogP) is 1.75. The van der Waals surface area contributed by atoms with Crippen LogP contribution in [0.2, 0.25) is 0 Å². The number of unbranched alkanes of at least 4 members (excludes halogenated alkanes) is 2. The fourth-order valence-electron chi connectivity index (χ4n) is 0.824. The summed E-state index contributed by atoms with van der Waals surface area (Å²) in [6.45, 7) is 3.61. The Hall–Kier alpha value is -0.830. The molecule has 0 saturated carbocycles. The van der Waals surface area contributed by atoms with Crippen molar-refractivity contribution in [2.24, 2.45) is 0 Å². The van der Waals surface area contributed by atoms with E-state index in [1.165, 1.54) is 12.2 Å². The average Bonchev–Trinajstić information content (AvgIpc) is 2.10. The number of hydrogen-bond donors (Lipinski definition) is 0. The van der Waals surface area contributed by atoms with E-state index in [9.17, 15) is 4.79 Å². The van der Waals surface area contributed by atoms with Crippen LogP contribution in [0.4, 0.5) is 0 Å². The van der Waals surface area contributed by atoms with E-state index in [0.717, 1.165) is 19.3 Å². The Balaban J connectivity index is 3.37. The Bertz CT molecular complexity index is 145. The van der Waals surface area contributed by atoms with Gasteiger partial charge < -0.3 is 0 Å². The van der Waals surface area contributed by atoms with E-state index < -0.39 is 0 Å². The standard InChI is InChI=1S/C9H17NO2/c1-4-5-6-7-8-9(11)10(2)12-3/h4H,1,5-8H2,2-3H3. The molecule has 0 aliphatic carbocycles. The van der Waals surface area contributed by atoms with Gasteiger partial charge in [-0.25, -0.2) is 5.06 Å². The molecule has 0 aliphatic heterocycles. The maximum absolute atomic E-state index is 11.1. The summed E-state index contributed by atoms with van der Waals surface area (Å²) in [5.41, 5.74) is 0. The maximum Gasteiger partial charge on any atom is 0.245 e. The molecule has 0 saturated heterocycles. The van der Waals surface area contributed by atoms with Gasteiger partial charge in [-0.1, -0.05) is 6.08 Å². The first kappa shape index (κ1) is 11.2. The van der Waals surface area contributed by atoms with Gasteiger partial charge in [-0.3, -0.25) is 9.63 Å². The van der Waals surface area contributed by atoms with Crippen molar-refractivity contribution in [3.8, 4) is 0 Å². The molecule has 0 aromatic carbocycles. The third-order valence-corrected chi connectivity index (χ3v) is 1.67. The minimum absolute atomic E-state index is 0.0292. The lowest BCUT2D eigenvalue weighted by Crippen LogP contribution is -2.24. The van der Waals surface area contributed by atoms with Crippen LogP contribution in [-0.4, -0.2) is 25.1 Å². The Labute approximate surface area is 74.0 Å². The quantitative estimate of drug-likeness (QED) is 0.346. The van der Waals surface area contributed by atoms with Crippen LogP contribution in [0.5, 0.6) is 0 Å². The van der Waals surface area contributed by atoms with E-state index in [1.54, 1.807) is 7.05 Å². The molecule has 0 heterocycles. The van der Waals surface area contributed by atoms with Crippen LogP contribution < -0.4 is 0 Å². The summed E-state index contributed by atoms with van der Waals surface area (Å²) >= 11 is 0. The number of hydrogen-bond acceptors (Lipinski definition) is 2. The highest BCUT2D eigenvalue weighted by Gasteiger charge is 2.05. The Morgan fingerprint density at radius 2 is 2.25 bits per heavy atom. The molecule has 3 nitrogen and oxygen atoms in total. The zero-order valence-corrected chi connectivity index (χ0v) is 7.88. The largest absolute Gasteiger partial charge is 0.275 e. The third kappa shape index (κ3) is 4.91. The van der Waals surface area contributed by atoms with E-state index in [0.29, 0.717) is 6.42 Å². The molecule has 70 valence electrons. The second-order valence-electron chi connectivity index (χ2n) is 2.61. The molecule has 0 spiro atoms. The molecule has 0 aromatic rings. The summed E-state index contributed by atoms with van der Waals surface area (Å²) < 4.78 is 0. The second-order valence-corrected chi connectivity index (χ2v) is 2.61. The minimum Gasteiger partial charge on any atom is -0.275 e. The fourth-order valence-corrected chi connectivity index (χ4v) is 0.824. The third-order valence-electron chi connectivity index (χ3n) is 1.67. The van der Waals surface area contributed by atoms with E-state index in [2.05, 4.69) is 6.58 Å². The molecule has 0 bridgehead atoms. The van der Waals surface area contributed by atoms with Crippen molar-refractivity contribution in [3.63, 3.8) is 0 Å². The van der Waals surface area contributed by atoms with Crippen molar-refractivity contribution in [2.45, 2.75) is 25.7 Å².